The molecule has 0 atom stereocenters. The van der Waals surface area contributed by atoms with Gasteiger partial charge in [-0.15, -0.1) is 0 Å². The number of nitrogens with one attached hydrogen (secondary N) is 1. The third-order valence-corrected chi connectivity index (χ3v) is 4.12. The first-order valence-corrected chi connectivity index (χ1v) is 8.21. The largest absolute Gasteiger partial charge is 0.493 e. The molecule has 0 unspecified atom stereocenters. The topological polar surface area (TPSA) is 68.9 Å². The zero-order valence-electron chi connectivity index (χ0n) is 11.8. The number of hydrogen-bond donors (Lipinski definition) is 2. The van der Waals surface area contributed by atoms with Gasteiger partial charge in [-0.25, -0.2) is 0 Å². The predicted octanol–water partition coefficient (Wildman–Crippen LogP) is 2.79. The predicted molar refractivity (Wildman–Crippen MR) is 96.1 cm³/mol. The first-order valence-electron chi connectivity index (χ1n) is 6.73. The minimum absolute atomic E-state index is 0.133. The summed E-state index contributed by atoms with van der Waals surface area (Å²) in [6, 6.07) is 3.87. The number of benzene rings is 1. The number of ether oxygens (including phenoxy) is 2. The molecule has 1 aliphatic carbocycles. The average molecular weight is 419 g/mol. The van der Waals surface area contributed by atoms with Crippen molar-refractivity contribution in [2.24, 2.45) is 10.8 Å². The van der Waals surface area contributed by atoms with E-state index in [9.17, 15) is 0 Å². The summed E-state index contributed by atoms with van der Waals surface area (Å²) < 4.78 is 12.5. The summed E-state index contributed by atoms with van der Waals surface area (Å²) in [4.78, 5) is 0. The van der Waals surface area contributed by atoms with Crippen LogP contribution in [0.4, 0.5) is 0 Å². The fourth-order valence-corrected chi connectivity index (χ4v) is 3.08. The summed E-state index contributed by atoms with van der Waals surface area (Å²) in [7, 11) is 1.64. The molecular weight excluding hydrogens is 401 g/mol. The molecule has 0 radical (unpaired) electrons. The van der Waals surface area contributed by atoms with Crippen molar-refractivity contribution in [3.63, 3.8) is 0 Å². The fraction of sp³-hybridized carbons (Fsp3) is 0.429. The number of hydrogen-bond acceptors (Lipinski definition) is 4. The van der Waals surface area contributed by atoms with E-state index in [4.69, 9.17) is 27.4 Å². The normalized spacial score (nSPS) is 15.3. The minimum atomic E-state index is 0.133. The number of methoxy groups -OCH3 is 1. The summed E-state index contributed by atoms with van der Waals surface area (Å²) in [5.41, 5.74) is 8.73. The highest BCUT2D eigenvalue weighted by atomic mass is 127. The zero-order chi connectivity index (χ0) is 15.2. The van der Waals surface area contributed by atoms with E-state index >= 15 is 0 Å². The second kappa shape index (κ2) is 7.79. The van der Waals surface area contributed by atoms with Gasteiger partial charge in [0.15, 0.2) is 16.6 Å². The quantitative estimate of drug-likeness (QED) is 0.333. The lowest BCUT2D eigenvalue weighted by Gasteiger charge is -2.17. The monoisotopic (exact) mass is 419 g/mol. The summed E-state index contributed by atoms with van der Waals surface area (Å²) >= 11 is 6.94. The van der Waals surface area contributed by atoms with Gasteiger partial charge in [-0.05, 0) is 78.2 Å². The van der Waals surface area contributed by atoms with Gasteiger partial charge in [0.2, 0.25) is 0 Å². The van der Waals surface area contributed by atoms with E-state index in [1.54, 1.807) is 13.3 Å². The highest BCUT2D eigenvalue weighted by Gasteiger charge is 2.20. The summed E-state index contributed by atoms with van der Waals surface area (Å²) in [6.07, 6.45) is 6.63. The molecule has 1 fully saturated rings. The lowest BCUT2D eigenvalue weighted by atomic mass is 10.2. The molecule has 0 aliphatic heterocycles. The van der Waals surface area contributed by atoms with Gasteiger partial charge in [0.1, 0.15) is 0 Å². The maximum Gasteiger partial charge on any atom is 0.184 e. The van der Waals surface area contributed by atoms with Crippen LogP contribution in [0.1, 0.15) is 31.2 Å². The average Bonchev–Trinajstić information content (AvgIpc) is 2.94. The van der Waals surface area contributed by atoms with Gasteiger partial charge >= 0.3 is 0 Å². The molecule has 7 heteroatoms. The van der Waals surface area contributed by atoms with Crippen molar-refractivity contribution in [3.05, 3.63) is 21.3 Å². The van der Waals surface area contributed by atoms with Crippen LogP contribution in [0.5, 0.6) is 11.5 Å². The van der Waals surface area contributed by atoms with Crippen molar-refractivity contribution in [1.82, 2.24) is 5.43 Å². The van der Waals surface area contributed by atoms with E-state index in [0.29, 0.717) is 11.9 Å². The van der Waals surface area contributed by atoms with Crippen LogP contribution in [0.25, 0.3) is 0 Å². The van der Waals surface area contributed by atoms with E-state index in [2.05, 4.69) is 33.1 Å². The van der Waals surface area contributed by atoms with E-state index in [-0.39, 0.29) is 5.11 Å². The zero-order valence-corrected chi connectivity index (χ0v) is 14.7. The molecule has 2 rings (SSSR count). The van der Waals surface area contributed by atoms with Gasteiger partial charge in [0.05, 0.1) is 23.0 Å². The third-order valence-electron chi connectivity index (χ3n) is 3.23. The molecule has 0 saturated heterocycles. The van der Waals surface area contributed by atoms with E-state index in [1.165, 1.54) is 12.8 Å². The molecule has 0 heterocycles. The first-order chi connectivity index (χ1) is 10.1. The number of nitrogens with zero attached hydrogens (tertiary/aromatic N) is 1. The van der Waals surface area contributed by atoms with Gasteiger partial charge < -0.3 is 15.2 Å². The van der Waals surface area contributed by atoms with Crippen molar-refractivity contribution in [1.29, 1.82) is 0 Å². The van der Waals surface area contributed by atoms with Gasteiger partial charge in [0, 0.05) is 0 Å². The summed E-state index contributed by atoms with van der Waals surface area (Å²) in [5, 5.41) is 4.08. The van der Waals surface area contributed by atoms with Crippen LogP contribution < -0.4 is 20.6 Å². The van der Waals surface area contributed by atoms with Crippen LogP contribution in [0, 0.1) is 3.57 Å². The standard InChI is InChI=1S/C14H18IN3O2S/c1-19-12-7-9(8-17-18-14(16)21)6-11(15)13(12)20-10-4-2-3-5-10/h6-8,10H,2-5H2,1H3,(H3,16,18,21). The van der Waals surface area contributed by atoms with Gasteiger partial charge in [0.25, 0.3) is 0 Å². The lowest BCUT2D eigenvalue weighted by molar-refractivity contribution is 0.199. The molecule has 5 nitrogen and oxygen atoms in total. The smallest absolute Gasteiger partial charge is 0.184 e. The van der Waals surface area contributed by atoms with Crippen LogP contribution in [0.3, 0.4) is 0 Å². The molecule has 1 aliphatic rings. The van der Waals surface area contributed by atoms with E-state index < -0.39 is 0 Å². The van der Waals surface area contributed by atoms with Crippen molar-refractivity contribution in [2.75, 3.05) is 7.11 Å². The Morgan fingerprint density at radius 3 is 2.81 bits per heavy atom. The van der Waals surface area contributed by atoms with Crippen LogP contribution >= 0.6 is 34.8 Å². The van der Waals surface area contributed by atoms with Crippen LogP contribution in [0.2, 0.25) is 0 Å². The molecule has 0 spiro atoms. The molecule has 114 valence electrons. The highest BCUT2D eigenvalue weighted by molar-refractivity contribution is 14.1. The van der Waals surface area contributed by atoms with E-state index in [0.717, 1.165) is 27.7 Å². The Kier molecular flexibility index (Phi) is 6.04. The molecule has 0 bridgehead atoms. The Hall–Kier alpha value is -1.09. The second-order valence-corrected chi connectivity index (χ2v) is 6.39. The van der Waals surface area contributed by atoms with Crippen molar-refractivity contribution >= 4 is 46.1 Å². The number of halogens is 1. The van der Waals surface area contributed by atoms with Crippen molar-refractivity contribution in [3.8, 4) is 11.5 Å². The SMILES string of the molecule is COc1cc(C=NNC(N)=S)cc(I)c1OC1CCCC1. The Morgan fingerprint density at radius 1 is 1.48 bits per heavy atom. The van der Waals surface area contributed by atoms with Gasteiger partial charge in [-0.2, -0.15) is 5.10 Å². The summed E-state index contributed by atoms with van der Waals surface area (Å²) in [6.45, 7) is 0. The van der Waals surface area contributed by atoms with Crippen molar-refractivity contribution < 1.29 is 9.47 Å². The molecule has 0 aromatic heterocycles. The van der Waals surface area contributed by atoms with E-state index in [1.807, 2.05) is 12.1 Å². The van der Waals surface area contributed by atoms with Crippen LogP contribution in [-0.2, 0) is 0 Å². The maximum absolute atomic E-state index is 6.09. The number of nitrogens with two attached hydrogens (primary N) is 1. The number of hydrazone groups is 1. The van der Waals surface area contributed by atoms with Crippen molar-refractivity contribution in [2.45, 2.75) is 31.8 Å². The first kappa shape index (κ1) is 16.3. The summed E-state index contributed by atoms with van der Waals surface area (Å²) in [5.74, 6) is 1.52. The molecule has 3 N–H and O–H groups in total. The third kappa shape index (κ3) is 4.70. The Balaban J connectivity index is 2.17. The molecule has 1 aromatic carbocycles. The molecule has 1 saturated carbocycles. The van der Waals surface area contributed by atoms with Crippen LogP contribution in [0.15, 0.2) is 17.2 Å². The van der Waals surface area contributed by atoms with Crippen LogP contribution in [-0.4, -0.2) is 24.5 Å². The molecule has 1 aromatic rings. The molecule has 0 amide bonds. The Bertz CT molecular complexity index is 545. The molecule has 21 heavy (non-hydrogen) atoms. The lowest BCUT2D eigenvalue weighted by Crippen LogP contribution is -2.24. The number of rotatable bonds is 5. The minimum Gasteiger partial charge on any atom is -0.493 e. The fourth-order valence-electron chi connectivity index (χ4n) is 2.27. The Morgan fingerprint density at radius 2 is 2.19 bits per heavy atom. The van der Waals surface area contributed by atoms with Gasteiger partial charge in [-0.3, -0.25) is 5.43 Å². The second-order valence-electron chi connectivity index (χ2n) is 4.79. The highest BCUT2D eigenvalue weighted by Crippen LogP contribution is 2.36. The maximum atomic E-state index is 6.09. The molecular formula is C14H18IN3O2S. The number of thiocarbonyl (C=S) groups is 1. The Labute approximate surface area is 143 Å². The van der Waals surface area contributed by atoms with Gasteiger partial charge in [-0.1, -0.05) is 0 Å².